The van der Waals surface area contributed by atoms with E-state index in [4.69, 9.17) is 0 Å². The van der Waals surface area contributed by atoms with E-state index in [1.807, 2.05) is 6.92 Å². The minimum atomic E-state index is -0.0703. The van der Waals surface area contributed by atoms with E-state index in [2.05, 4.69) is 40.7 Å². The van der Waals surface area contributed by atoms with Crippen LogP contribution < -0.4 is 5.56 Å². The van der Waals surface area contributed by atoms with E-state index in [9.17, 15) is 4.79 Å². The summed E-state index contributed by atoms with van der Waals surface area (Å²) < 4.78 is 1.41. The van der Waals surface area contributed by atoms with Crippen molar-refractivity contribution >= 4 is 16.3 Å². The van der Waals surface area contributed by atoms with Crippen molar-refractivity contribution in [3.8, 4) is 0 Å². The minimum absolute atomic E-state index is 0.0703. The first-order chi connectivity index (χ1) is 12.9. The van der Waals surface area contributed by atoms with E-state index in [0.29, 0.717) is 4.96 Å². The maximum atomic E-state index is 12.2. The van der Waals surface area contributed by atoms with Crippen LogP contribution in [0, 0.1) is 18.8 Å². The van der Waals surface area contributed by atoms with E-state index in [1.165, 1.54) is 48.2 Å². The van der Waals surface area contributed by atoms with Crippen molar-refractivity contribution in [3.05, 3.63) is 27.1 Å². The van der Waals surface area contributed by atoms with Gasteiger partial charge in [-0.2, -0.15) is 9.61 Å². The summed E-state index contributed by atoms with van der Waals surface area (Å²) in [4.78, 5) is 22.6. The molecule has 0 N–H and O–H groups in total. The van der Waals surface area contributed by atoms with Gasteiger partial charge in [0.25, 0.3) is 5.56 Å². The highest BCUT2D eigenvalue weighted by Crippen LogP contribution is 2.22. The molecule has 0 aliphatic carbocycles. The average Bonchev–Trinajstić information content (AvgIpc) is 3.00. The van der Waals surface area contributed by atoms with Gasteiger partial charge in [0, 0.05) is 19.2 Å². The monoisotopic (exact) mass is 391 g/mol. The van der Waals surface area contributed by atoms with Gasteiger partial charge in [0.2, 0.25) is 4.96 Å². The standard InChI is InChI=1S/C20H33N5OS/c1-5-23(13-15(2)3)9-6-17-7-10-24(11-8-17)14-18-12-19(26)25-20(21-18)27-16(4)22-25/h12,15,17H,5-11,13-14H2,1-4H3. The summed E-state index contributed by atoms with van der Waals surface area (Å²) in [6.07, 6.45) is 3.81. The van der Waals surface area contributed by atoms with Crippen LogP contribution in [0.25, 0.3) is 4.96 Å². The molecule has 7 heteroatoms. The second-order valence-electron chi connectivity index (χ2n) is 8.20. The van der Waals surface area contributed by atoms with E-state index in [1.54, 1.807) is 6.07 Å². The van der Waals surface area contributed by atoms with E-state index in [0.717, 1.165) is 48.7 Å². The average molecular weight is 392 g/mol. The molecule has 150 valence electrons. The van der Waals surface area contributed by atoms with Gasteiger partial charge in [0.05, 0.1) is 5.69 Å². The van der Waals surface area contributed by atoms with Crippen LogP contribution in [-0.2, 0) is 6.54 Å². The van der Waals surface area contributed by atoms with Gasteiger partial charge in [0.1, 0.15) is 5.01 Å². The highest BCUT2D eigenvalue weighted by molar-refractivity contribution is 7.16. The molecule has 0 bridgehead atoms. The molecular weight excluding hydrogens is 358 g/mol. The Balaban J connectivity index is 1.49. The van der Waals surface area contributed by atoms with Gasteiger partial charge >= 0.3 is 0 Å². The molecule has 0 amide bonds. The third-order valence-corrected chi connectivity index (χ3v) is 6.24. The first-order valence-electron chi connectivity index (χ1n) is 10.3. The van der Waals surface area contributed by atoms with Crippen molar-refractivity contribution in [1.29, 1.82) is 0 Å². The summed E-state index contributed by atoms with van der Waals surface area (Å²) >= 11 is 1.48. The zero-order chi connectivity index (χ0) is 19.4. The lowest BCUT2D eigenvalue weighted by molar-refractivity contribution is 0.155. The maximum Gasteiger partial charge on any atom is 0.275 e. The fourth-order valence-corrected chi connectivity index (χ4v) is 4.72. The first kappa shape index (κ1) is 20.4. The Hall–Kier alpha value is -1.31. The zero-order valence-electron chi connectivity index (χ0n) is 17.1. The molecule has 0 saturated carbocycles. The molecule has 3 rings (SSSR count). The Kier molecular flexibility index (Phi) is 7.00. The van der Waals surface area contributed by atoms with Crippen LogP contribution in [0.2, 0.25) is 0 Å². The predicted molar refractivity (Wildman–Crippen MR) is 111 cm³/mol. The molecule has 1 aliphatic rings. The number of aryl methyl sites for hydroxylation is 1. The highest BCUT2D eigenvalue weighted by Gasteiger charge is 2.21. The van der Waals surface area contributed by atoms with Gasteiger partial charge in [-0.15, -0.1) is 0 Å². The summed E-state index contributed by atoms with van der Waals surface area (Å²) in [6.45, 7) is 15.3. The van der Waals surface area contributed by atoms with Crippen molar-refractivity contribution in [1.82, 2.24) is 24.4 Å². The van der Waals surface area contributed by atoms with Crippen molar-refractivity contribution < 1.29 is 0 Å². The topological polar surface area (TPSA) is 53.7 Å². The van der Waals surface area contributed by atoms with Crippen molar-refractivity contribution in [2.24, 2.45) is 11.8 Å². The summed E-state index contributed by atoms with van der Waals surface area (Å²) in [7, 11) is 0. The van der Waals surface area contributed by atoms with Crippen LogP contribution in [0.4, 0.5) is 0 Å². The molecule has 0 unspecified atom stereocenters. The summed E-state index contributed by atoms with van der Waals surface area (Å²) in [5, 5.41) is 5.08. The molecule has 6 nitrogen and oxygen atoms in total. The molecule has 27 heavy (non-hydrogen) atoms. The summed E-state index contributed by atoms with van der Waals surface area (Å²) in [5.41, 5.74) is 0.801. The van der Waals surface area contributed by atoms with Gasteiger partial charge in [-0.3, -0.25) is 9.69 Å². The molecule has 2 aromatic rings. The van der Waals surface area contributed by atoms with E-state index in [-0.39, 0.29) is 5.56 Å². The number of rotatable bonds is 8. The number of nitrogens with zero attached hydrogens (tertiary/aromatic N) is 5. The Bertz CT molecular complexity index is 791. The van der Waals surface area contributed by atoms with Gasteiger partial charge < -0.3 is 4.90 Å². The van der Waals surface area contributed by atoms with Crippen LogP contribution in [-0.4, -0.2) is 57.1 Å². The Morgan fingerprint density at radius 3 is 2.74 bits per heavy atom. The number of hydrogen-bond acceptors (Lipinski definition) is 6. The largest absolute Gasteiger partial charge is 0.303 e. The first-order valence-corrected chi connectivity index (χ1v) is 11.1. The molecule has 0 radical (unpaired) electrons. The second-order valence-corrected chi connectivity index (χ2v) is 9.36. The molecule has 1 aliphatic heterocycles. The van der Waals surface area contributed by atoms with Crippen LogP contribution in [0.1, 0.15) is 50.7 Å². The fraction of sp³-hybridized carbons (Fsp3) is 0.750. The summed E-state index contributed by atoms with van der Waals surface area (Å²) in [6, 6.07) is 1.64. The molecule has 3 heterocycles. The van der Waals surface area contributed by atoms with Gasteiger partial charge in [-0.25, -0.2) is 4.98 Å². The Morgan fingerprint density at radius 1 is 1.33 bits per heavy atom. The third kappa shape index (κ3) is 5.59. The maximum absolute atomic E-state index is 12.2. The number of hydrogen-bond donors (Lipinski definition) is 0. The van der Waals surface area contributed by atoms with Crippen LogP contribution in [0.5, 0.6) is 0 Å². The van der Waals surface area contributed by atoms with Crippen LogP contribution >= 0.6 is 11.3 Å². The molecular formula is C20H33N5OS. The predicted octanol–water partition coefficient (Wildman–Crippen LogP) is 3.04. The van der Waals surface area contributed by atoms with Gasteiger partial charge in [-0.1, -0.05) is 32.1 Å². The molecule has 0 spiro atoms. The number of piperidine rings is 1. The van der Waals surface area contributed by atoms with E-state index >= 15 is 0 Å². The molecule has 1 saturated heterocycles. The van der Waals surface area contributed by atoms with E-state index < -0.39 is 0 Å². The lowest BCUT2D eigenvalue weighted by Gasteiger charge is -2.33. The zero-order valence-corrected chi connectivity index (χ0v) is 18.0. The smallest absolute Gasteiger partial charge is 0.275 e. The summed E-state index contributed by atoms with van der Waals surface area (Å²) in [5.74, 6) is 1.57. The fourth-order valence-electron chi connectivity index (χ4n) is 3.96. The van der Waals surface area contributed by atoms with Crippen molar-refractivity contribution in [2.45, 2.75) is 53.5 Å². The van der Waals surface area contributed by atoms with Crippen LogP contribution in [0.15, 0.2) is 10.9 Å². The third-order valence-electron chi connectivity index (χ3n) is 5.42. The van der Waals surface area contributed by atoms with Crippen molar-refractivity contribution in [3.63, 3.8) is 0 Å². The Labute approximate surface area is 166 Å². The lowest BCUT2D eigenvalue weighted by atomic mass is 9.93. The quantitative estimate of drug-likeness (QED) is 0.692. The molecule has 0 aromatic carbocycles. The second kappa shape index (κ2) is 9.26. The number of fused-ring (bicyclic) bond motifs is 1. The lowest BCUT2D eigenvalue weighted by Crippen LogP contribution is -2.36. The number of likely N-dealkylation sites (tertiary alicyclic amines) is 1. The SMILES string of the molecule is CCN(CCC1CCN(Cc2cc(=O)n3nc(C)sc3n2)CC1)CC(C)C. The van der Waals surface area contributed by atoms with Gasteiger partial charge in [-0.05, 0) is 64.2 Å². The molecule has 0 atom stereocenters. The Morgan fingerprint density at radius 2 is 2.07 bits per heavy atom. The molecule has 2 aromatic heterocycles. The highest BCUT2D eigenvalue weighted by atomic mass is 32.1. The van der Waals surface area contributed by atoms with Crippen LogP contribution in [0.3, 0.4) is 0 Å². The number of aromatic nitrogens is 3. The van der Waals surface area contributed by atoms with Crippen molar-refractivity contribution in [2.75, 3.05) is 32.7 Å². The minimum Gasteiger partial charge on any atom is -0.303 e. The van der Waals surface area contributed by atoms with Gasteiger partial charge in [0.15, 0.2) is 0 Å². The molecule has 1 fully saturated rings. The normalized spacial score (nSPS) is 16.8.